The Morgan fingerprint density at radius 2 is 1.79 bits per heavy atom. The van der Waals surface area contributed by atoms with E-state index in [9.17, 15) is 13.2 Å². The van der Waals surface area contributed by atoms with Gasteiger partial charge >= 0.3 is 0 Å². The molecule has 0 aliphatic carbocycles. The van der Waals surface area contributed by atoms with Gasteiger partial charge in [0.05, 0.1) is 0 Å². The molecule has 3 aromatic rings. The van der Waals surface area contributed by atoms with Crippen molar-refractivity contribution in [2.24, 2.45) is 0 Å². The zero-order valence-corrected chi connectivity index (χ0v) is 17.3. The summed E-state index contributed by atoms with van der Waals surface area (Å²) in [6.07, 6.45) is 0. The lowest BCUT2D eigenvalue weighted by Crippen LogP contribution is -2.27. The third-order valence-electron chi connectivity index (χ3n) is 4.13. The van der Waals surface area contributed by atoms with Crippen molar-refractivity contribution in [2.75, 3.05) is 5.32 Å². The minimum absolute atomic E-state index is 0.119. The highest BCUT2D eigenvalue weighted by atomic mass is 32.2. The highest BCUT2D eigenvalue weighted by molar-refractivity contribution is 7.91. The van der Waals surface area contributed by atoms with Gasteiger partial charge in [-0.05, 0) is 44.0 Å². The molecule has 1 aromatic heterocycles. The van der Waals surface area contributed by atoms with E-state index < -0.39 is 16.1 Å². The molecule has 2 N–H and O–H groups in total. The van der Waals surface area contributed by atoms with Gasteiger partial charge in [0.2, 0.25) is 9.47 Å². The van der Waals surface area contributed by atoms with Gasteiger partial charge in [0.1, 0.15) is 0 Å². The van der Waals surface area contributed by atoms with Crippen molar-refractivity contribution in [3.8, 4) is 0 Å². The zero-order valence-electron chi connectivity index (χ0n) is 15.6. The van der Waals surface area contributed by atoms with Crippen LogP contribution in [-0.4, -0.2) is 24.5 Å². The van der Waals surface area contributed by atoms with Gasteiger partial charge in [0.25, 0.3) is 15.9 Å². The normalized spacial score (nSPS) is 12.5. The molecule has 1 heterocycles. The standard InChI is InChI=1S/C19H20N4O3S2/c1-12-9-10-13(2)16(11-12)14(3)23-28(25,26)19-22-21-18(27-19)20-17(24)15-7-5-4-6-8-15/h4-11,14,23H,1-3H3,(H,20,21,24). The van der Waals surface area contributed by atoms with Crippen molar-refractivity contribution < 1.29 is 13.2 Å². The quantitative estimate of drug-likeness (QED) is 0.600. The maximum absolute atomic E-state index is 12.7. The second-order valence-corrected chi connectivity index (χ2v) is 9.26. The molecule has 1 atom stereocenters. The van der Waals surface area contributed by atoms with Gasteiger partial charge in [-0.3, -0.25) is 10.1 Å². The minimum atomic E-state index is -3.87. The summed E-state index contributed by atoms with van der Waals surface area (Å²) in [5.41, 5.74) is 3.39. The summed E-state index contributed by atoms with van der Waals surface area (Å²) in [4.78, 5) is 12.2. The number of carbonyl (C=O) groups excluding carboxylic acids is 1. The van der Waals surface area contributed by atoms with Crippen LogP contribution in [0.4, 0.5) is 5.13 Å². The first kappa shape index (κ1) is 20.1. The number of nitrogens with one attached hydrogen (secondary N) is 2. The van der Waals surface area contributed by atoms with Gasteiger partial charge in [0.15, 0.2) is 0 Å². The number of sulfonamides is 1. The van der Waals surface area contributed by atoms with Gasteiger partial charge in [-0.25, -0.2) is 13.1 Å². The molecule has 2 aromatic carbocycles. The van der Waals surface area contributed by atoms with Crippen LogP contribution < -0.4 is 10.0 Å². The highest BCUT2D eigenvalue weighted by Crippen LogP contribution is 2.24. The fourth-order valence-electron chi connectivity index (χ4n) is 2.70. The Bertz CT molecular complexity index is 1100. The van der Waals surface area contributed by atoms with Crippen molar-refractivity contribution in [1.29, 1.82) is 0 Å². The lowest BCUT2D eigenvalue weighted by atomic mass is 10.0. The molecular weight excluding hydrogens is 396 g/mol. The maximum atomic E-state index is 12.7. The van der Waals surface area contributed by atoms with Crippen LogP contribution >= 0.6 is 11.3 Å². The Labute approximate surface area is 167 Å². The van der Waals surface area contributed by atoms with Gasteiger partial charge in [-0.2, -0.15) is 0 Å². The molecule has 0 radical (unpaired) electrons. The summed E-state index contributed by atoms with van der Waals surface area (Å²) in [5.74, 6) is -0.377. The molecule has 9 heteroatoms. The fourth-order valence-corrected chi connectivity index (χ4v) is 4.83. The number of amides is 1. The van der Waals surface area contributed by atoms with Gasteiger partial charge in [0, 0.05) is 11.6 Å². The van der Waals surface area contributed by atoms with Crippen molar-refractivity contribution in [3.63, 3.8) is 0 Å². The van der Waals surface area contributed by atoms with E-state index in [-0.39, 0.29) is 15.4 Å². The topological polar surface area (TPSA) is 101 Å². The lowest BCUT2D eigenvalue weighted by Gasteiger charge is -2.16. The summed E-state index contributed by atoms with van der Waals surface area (Å²) >= 11 is 0.803. The Hall–Kier alpha value is -2.62. The fraction of sp³-hybridized carbons (Fsp3) is 0.211. The first-order valence-electron chi connectivity index (χ1n) is 8.55. The molecular formula is C19H20N4O3S2. The van der Waals surface area contributed by atoms with Crippen molar-refractivity contribution >= 4 is 32.4 Å². The summed E-state index contributed by atoms with van der Waals surface area (Å²) in [7, 11) is -3.87. The number of hydrogen-bond donors (Lipinski definition) is 2. The average Bonchev–Trinajstić information content (AvgIpc) is 3.13. The largest absolute Gasteiger partial charge is 0.296 e. The van der Waals surface area contributed by atoms with E-state index in [1.54, 1.807) is 37.3 Å². The highest BCUT2D eigenvalue weighted by Gasteiger charge is 2.24. The number of anilines is 1. The first-order valence-corrected chi connectivity index (χ1v) is 10.9. The Morgan fingerprint density at radius 3 is 2.50 bits per heavy atom. The monoisotopic (exact) mass is 416 g/mol. The van der Waals surface area contributed by atoms with E-state index in [0.717, 1.165) is 28.0 Å². The van der Waals surface area contributed by atoms with Crippen LogP contribution in [0.1, 0.15) is 40.0 Å². The minimum Gasteiger partial charge on any atom is -0.296 e. The van der Waals surface area contributed by atoms with Crippen LogP contribution in [-0.2, 0) is 10.0 Å². The number of aromatic nitrogens is 2. The molecule has 0 aliphatic rings. The summed E-state index contributed by atoms with van der Waals surface area (Å²) < 4.78 is 27.8. The first-order chi connectivity index (χ1) is 13.3. The van der Waals surface area contributed by atoms with Crippen LogP contribution in [0.15, 0.2) is 52.9 Å². The van der Waals surface area contributed by atoms with Crippen LogP contribution in [0.25, 0.3) is 0 Å². The molecule has 0 fully saturated rings. The number of rotatable bonds is 6. The van der Waals surface area contributed by atoms with Gasteiger partial charge in [-0.15, -0.1) is 10.2 Å². The SMILES string of the molecule is Cc1ccc(C)c(C(C)NS(=O)(=O)c2nnc(NC(=O)c3ccccc3)s2)c1. The molecule has 7 nitrogen and oxygen atoms in total. The molecule has 28 heavy (non-hydrogen) atoms. The van der Waals surface area contributed by atoms with E-state index in [0.29, 0.717) is 5.56 Å². The van der Waals surface area contributed by atoms with E-state index in [4.69, 9.17) is 0 Å². The number of carbonyl (C=O) groups is 1. The summed E-state index contributed by atoms with van der Waals surface area (Å²) in [5, 5.41) is 10.2. The Morgan fingerprint density at radius 1 is 1.07 bits per heavy atom. The lowest BCUT2D eigenvalue weighted by molar-refractivity contribution is 0.102. The van der Waals surface area contributed by atoms with Crippen LogP contribution in [0, 0.1) is 13.8 Å². The molecule has 0 spiro atoms. The summed E-state index contributed by atoms with van der Waals surface area (Å²) in [6, 6.07) is 14.0. The molecule has 0 bridgehead atoms. The van der Waals surface area contributed by atoms with Crippen molar-refractivity contribution in [2.45, 2.75) is 31.2 Å². The van der Waals surface area contributed by atoms with Crippen molar-refractivity contribution in [1.82, 2.24) is 14.9 Å². The predicted molar refractivity (Wildman–Crippen MR) is 109 cm³/mol. The molecule has 1 amide bonds. The van der Waals surface area contributed by atoms with E-state index in [1.807, 2.05) is 32.0 Å². The molecule has 1 unspecified atom stereocenters. The second-order valence-electron chi connectivity index (χ2n) is 6.40. The molecule has 0 saturated heterocycles. The Balaban J connectivity index is 1.74. The van der Waals surface area contributed by atoms with E-state index >= 15 is 0 Å². The van der Waals surface area contributed by atoms with Crippen LogP contribution in [0.2, 0.25) is 0 Å². The number of aryl methyl sites for hydroxylation is 2. The van der Waals surface area contributed by atoms with Crippen LogP contribution in [0.5, 0.6) is 0 Å². The molecule has 146 valence electrons. The van der Waals surface area contributed by atoms with Crippen LogP contribution in [0.3, 0.4) is 0 Å². The Kier molecular flexibility index (Phi) is 5.87. The zero-order chi connectivity index (χ0) is 20.3. The van der Waals surface area contributed by atoms with E-state index in [2.05, 4.69) is 20.2 Å². The second kappa shape index (κ2) is 8.17. The molecule has 3 rings (SSSR count). The third-order valence-corrected chi connectivity index (χ3v) is 6.87. The van der Waals surface area contributed by atoms with Gasteiger partial charge < -0.3 is 0 Å². The summed E-state index contributed by atoms with van der Waals surface area (Å²) in [6.45, 7) is 5.66. The van der Waals surface area contributed by atoms with Crippen molar-refractivity contribution in [3.05, 3.63) is 70.8 Å². The smallest absolute Gasteiger partial charge is 0.270 e. The van der Waals surface area contributed by atoms with Gasteiger partial charge in [-0.1, -0.05) is 53.3 Å². The predicted octanol–water partition coefficient (Wildman–Crippen LogP) is 3.45. The number of benzene rings is 2. The van der Waals surface area contributed by atoms with E-state index in [1.165, 1.54) is 0 Å². The average molecular weight is 417 g/mol. The third kappa shape index (κ3) is 4.61. The molecule has 0 aliphatic heterocycles. The molecule has 0 saturated carbocycles. The number of hydrogen-bond acceptors (Lipinski definition) is 6. The maximum Gasteiger partial charge on any atom is 0.270 e. The number of nitrogens with zero attached hydrogens (tertiary/aromatic N) is 2.